The van der Waals surface area contributed by atoms with E-state index in [1.54, 1.807) is 12.1 Å². The molecule has 0 aliphatic carbocycles. The number of benzene rings is 2. The van der Waals surface area contributed by atoms with Crippen LogP contribution in [0, 0.1) is 0 Å². The van der Waals surface area contributed by atoms with Crippen LogP contribution in [0.25, 0.3) is 20.2 Å². The summed E-state index contributed by atoms with van der Waals surface area (Å²) in [5.74, 6) is 0. The lowest BCUT2D eigenvalue weighted by Crippen LogP contribution is -2.56. The van der Waals surface area contributed by atoms with Gasteiger partial charge in [0, 0.05) is 25.4 Å². The number of alkyl halides is 3. The molecule has 2 N–H and O–H groups in total. The summed E-state index contributed by atoms with van der Waals surface area (Å²) in [7, 11) is 0. The summed E-state index contributed by atoms with van der Waals surface area (Å²) in [5, 5.41) is 6.47. The molecule has 2 aromatic heterocycles. The fraction of sp³-hybridized carbons (Fsp3) is 0.0952. The smallest absolute Gasteiger partial charge is 0.318 e. The fourth-order valence-corrected chi connectivity index (χ4v) is 6.20. The molecule has 2 amide bonds. The summed E-state index contributed by atoms with van der Waals surface area (Å²) >= 11 is 2.51. The number of carbonyl (C=O) groups is 1. The number of halogens is 3. The molecule has 29 heavy (non-hydrogen) atoms. The number of thiophene rings is 2. The SMILES string of the molecule is O=C1NC=C(C(F)(F)F)C(c2cc3ccccc3s2)(c2cc3ccccc3s2)N1. The first-order valence-electron chi connectivity index (χ1n) is 8.72. The van der Waals surface area contributed by atoms with Crippen molar-refractivity contribution in [3.8, 4) is 0 Å². The van der Waals surface area contributed by atoms with Gasteiger partial charge in [0.1, 0.15) is 5.54 Å². The van der Waals surface area contributed by atoms with Crippen molar-refractivity contribution in [3.63, 3.8) is 0 Å². The van der Waals surface area contributed by atoms with Crippen LogP contribution in [0.15, 0.2) is 72.4 Å². The maximum absolute atomic E-state index is 14.2. The molecule has 0 fully saturated rings. The summed E-state index contributed by atoms with van der Waals surface area (Å²) in [6.07, 6.45) is -3.86. The van der Waals surface area contributed by atoms with Gasteiger partial charge in [0.05, 0.1) is 5.57 Å². The second kappa shape index (κ2) is 6.33. The predicted molar refractivity (Wildman–Crippen MR) is 110 cm³/mol. The minimum Gasteiger partial charge on any atom is -0.318 e. The van der Waals surface area contributed by atoms with Gasteiger partial charge in [-0.05, 0) is 35.0 Å². The molecule has 4 aromatic rings. The Morgan fingerprint density at radius 2 is 1.34 bits per heavy atom. The molecule has 0 spiro atoms. The standard InChI is InChI=1S/C21H13F3N2OS2/c22-21(23,24)16-11-25-19(27)26-20(16,17-9-12-5-1-3-7-14(12)28-17)18-10-13-6-2-4-8-15(13)29-18/h1-11H,(H2,25,26,27). The lowest BCUT2D eigenvalue weighted by molar-refractivity contribution is -0.101. The number of fused-ring (bicyclic) bond motifs is 2. The topological polar surface area (TPSA) is 41.1 Å². The quantitative estimate of drug-likeness (QED) is 0.395. The van der Waals surface area contributed by atoms with E-state index in [2.05, 4.69) is 10.6 Å². The highest BCUT2D eigenvalue weighted by molar-refractivity contribution is 7.20. The highest BCUT2D eigenvalue weighted by Gasteiger charge is 2.55. The number of rotatable bonds is 2. The van der Waals surface area contributed by atoms with E-state index >= 15 is 0 Å². The van der Waals surface area contributed by atoms with Crippen molar-refractivity contribution in [1.82, 2.24) is 10.6 Å². The summed E-state index contributed by atoms with van der Waals surface area (Å²) in [5.41, 5.74) is -2.66. The van der Waals surface area contributed by atoms with Crippen molar-refractivity contribution >= 4 is 48.9 Å². The molecular weight excluding hydrogens is 417 g/mol. The van der Waals surface area contributed by atoms with Crippen molar-refractivity contribution < 1.29 is 18.0 Å². The average Bonchev–Trinajstić information content (AvgIpc) is 3.31. The molecule has 0 unspecified atom stereocenters. The molecule has 1 aliphatic heterocycles. The van der Waals surface area contributed by atoms with Crippen molar-refractivity contribution in [2.45, 2.75) is 11.7 Å². The molecule has 0 bridgehead atoms. The summed E-state index contributed by atoms with van der Waals surface area (Å²) < 4.78 is 44.3. The Balaban J connectivity index is 1.86. The maximum Gasteiger partial charge on any atom is 0.417 e. The van der Waals surface area contributed by atoms with Gasteiger partial charge in [-0.25, -0.2) is 4.79 Å². The van der Waals surface area contributed by atoms with E-state index in [0.29, 0.717) is 9.75 Å². The monoisotopic (exact) mass is 430 g/mol. The molecule has 5 rings (SSSR count). The van der Waals surface area contributed by atoms with Crippen molar-refractivity contribution in [2.24, 2.45) is 0 Å². The van der Waals surface area contributed by atoms with Gasteiger partial charge in [0.25, 0.3) is 0 Å². The van der Waals surface area contributed by atoms with Crippen molar-refractivity contribution in [2.75, 3.05) is 0 Å². The first kappa shape index (κ1) is 18.2. The van der Waals surface area contributed by atoms with Crippen molar-refractivity contribution in [3.05, 3.63) is 82.2 Å². The van der Waals surface area contributed by atoms with Crippen LogP contribution in [0.3, 0.4) is 0 Å². The zero-order valence-electron chi connectivity index (χ0n) is 14.7. The van der Waals surface area contributed by atoms with E-state index in [-0.39, 0.29) is 0 Å². The third-order valence-corrected chi connectivity index (χ3v) is 7.42. The van der Waals surface area contributed by atoms with Gasteiger partial charge in [0.2, 0.25) is 0 Å². The molecule has 3 heterocycles. The number of amides is 2. The van der Waals surface area contributed by atoms with Crippen molar-refractivity contribution in [1.29, 1.82) is 0 Å². The lowest BCUT2D eigenvalue weighted by atomic mass is 9.84. The molecule has 0 saturated heterocycles. The normalized spacial score (nSPS) is 16.5. The Labute approximate surface area is 171 Å². The van der Waals surface area contributed by atoms with Crippen LogP contribution < -0.4 is 10.6 Å². The van der Waals surface area contributed by atoms with Gasteiger partial charge in [-0.2, -0.15) is 13.2 Å². The van der Waals surface area contributed by atoms with Gasteiger partial charge >= 0.3 is 12.2 Å². The number of carbonyl (C=O) groups excluding carboxylic acids is 1. The highest BCUT2D eigenvalue weighted by atomic mass is 32.1. The van der Waals surface area contributed by atoms with Crippen LogP contribution in [0.2, 0.25) is 0 Å². The van der Waals surface area contributed by atoms with Crippen LogP contribution >= 0.6 is 22.7 Å². The Bertz CT molecular complexity index is 1150. The highest BCUT2D eigenvalue weighted by Crippen LogP contribution is 2.51. The van der Waals surface area contributed by atoms with Gasteiger partial charge in [-0.3, -0.25) is 0 Å². The maximum atomic E-state index is 14.2. The molecule has 3 nitrogen and oxygen atoms in total. The molecular formula is C21H13F3N2OS2. The fourth-order valence-electron chi connectivity index (χ4n) is 3.66. The van der Waals surface area contributed by atoms with E-state index in [1.807, 2.05) is 48.5 Å². The second-order valence-electron chi connectivity index (χ2n) is 6.70. The Hall–Kier alpha value is -2.84. The molecule has 0 saturated carbocycles. The number of nitrogens with one attached hydrogen (secondary N) is 2. The van der Waals surface area contributed by atoms with Crippen LogP contribution in [0.1, 0.15) is 9.75 Å². The average molecular weight is 430 g/mol. The first-order valence-corrected chi connectivity index (χ1v) is 10.4. The van der Waals surface area contributed by atoms with E-state index in [0.717, 1.165) is 26.4 Å². The van der Waals surface area contributed by atoms with Gasteiger partial charge < -0.3 is 10.6 Å². The van der Waals surface area contributed by atoms with Gasteiger partial charge in [0.15, 0.2) is 0 Å². The molecule has 146 valence electrons. The first-order chi connectivity index (χ1) is 13.9. The van der Waals surface area contributed by atoms with E-state index in [1.165, 1.54) is 22.7 Å². The minimum absolute atomic E-state index is 0.420. The Morgan fingerprint density at radius 1 is 0.828 bits per heavy atom. The van der Waals surface area contributed by atoms with Crippen LogP contribution in [0.4, 0.5) is 18.0 Å². The van der Waals surface area contributed by atoms with E-state index < -0.39 is 23.3 Å². The number of hydrogen-bond acceptors (Lipinski definition) is 3. The molecule has 2 aromatic carbocycles. The third kappa shape index (κ3) is 2.82. The summed E-state index contributed by atoms with van der Waals surface area (Å²) in [4.78, 5) is 13.1. The Kier molecular flexibility index (Phi) is 3.97. The summed E-state index contributed by atoms with van der Waals surface area (Å²) in [6, 6.07) is 17.6. The lowest BCUT2D eigenvalue weighted by Gasteiger charge is -2.38. The minimum atomic E-state index is -4.65. The predicted octanol–water partition coefficient (Wildman–Crippen LogP) is 6.12. The second-order valence-corrected chi connectivity index (χ2v) is 8.87. The van der Waals surface area contributed by atoms with Crippen LogP contribution in [-0.2, 0) is 5.54 Å². The molecule has 8 heteroatoms. The van der Waals surface area contributed by atoms with Gasteiger partial charge in [-0.15, -0.1) is 22.7 Å². The largest absolute Gasteiger partial charge is 0.417 e. The van der Waals surface area contributed by atoms with Crippen LogP contribution in [0.5, 0.6) is 0 Å². The van der Waals surface area contributed by atoms with E-state index in [9.17, 15) is 18.0 Å². The zero-order chi connectivity index (χ0) is 20.2. The Morgan fingerprint density at radius 3 is 1.83 bits per heavy atom. The number of hydrogen-bond donors (Lipinski definition) is 2. The zero-order valence-corrected chi connectivity index (χ0v) is 16.3. The third-order valence-electron chi connectivity index (χ3n) is 4.95. The molecule has 0 atom stereocenters. The van der Waals surface area contributed by atoms with E-state index in [4.69, 9.17) is 0 Å². The van der Waals surface area contributed by atoms with Gasteiger partial charge in [-0.1, -0.05) is 36.4 Å². The van der Waals surface area contributed by atoms with Crippen LogP contribution in [-0.4, -0.2) is 12.2 Å². The summed E-state index contributed by atoms with van der Waals surface area (Å²) in [6.45, 7) is 0. The molecule has 0 radical (unpaired) electrons. The number of urea groups is 1. The molecule has 1 aliphatic rings.